The number of carbonyl (C=O) groups is 2. The summed E-state index contributed by atoms with van der Waals surface area (Å²) in [6, 6.07) is 6.27. The first-order chi connectivity index (χ1) is 9.66. The summed E-state index contributed by atoms with van der Waals surface area (Å²) in [7, 11) is 0. The van der Waals surface area contributed by atoms with Crippen LogP contribution < -0.4 is 0 Å². The van der Waals surface area contributed by atoms with Gasteiger partial charge in [-0.25, -0.2) is 4.39 Å². The van der Waals surface area contributed by atoms with E-state index < -0.39 is 0 Å². The normalized spacial score (nSPS) is 22.4. The first-order valence-electron chi connectivity index (χ1n) is 6.98. The molecule has 1 aromatic carbocycles. The van der Waals surface area contributed by atoms with Gasteiger partial charge in [0.05, 0.1) is 6.54 Å². The maximum Gasteiger partial charge on any atom is 0.245 e. The fourth-order valence-corrected chi connectivity index (χ4v) is 3.01. The average molecular weight is 276 g/mol. The number of fused-ring (bicyclic) bond motifs is 1. The average Bonchev–Trinajstić information content (AvgIpc) is 2.93. The zero-order valence-corrected chi connectivity index (χ0v) is 11.2. The Hall–Kier alpha value is -1.91. The van der Waals surface area contributed by atoms with Crippen molar-refractivity contribution in [3.05, 3.63) is 35.6 Å². The van der Waals surface area contributed by atoms with Crippen LogP contribution in [0.3, 0.4) is 0 Å². The molecule has 0 aliphatic carbocycles. The molecule has 0 radical (unpaired) electrons. The van der Waals surface area contributed by atoms with Crippen molar-refractivity contribution < 1.29 is 14.0 Å². The second kappa shape index (κ2) is 5.23. The molecule has 2 fully saturated rings. The van der Waals surface area contributed by atoms with Crippen molar-refractivity contribution in [1.82, 2.24) is 9.80 Å². The SMILES string of the molecule is O=C1C2CCCN2C(=O)CN1CCc1ccccc1F. The summed E-state index contributed by atoms with van der Waals surface area (Å²) in [5, 5.41) is 0. The number of hydrogen-bond donors (Lipinski definition) is 0. The Bertz CT molecular complexity index is 546. The Balaban J connectivity index is 1.67. The molecule has 5 heteroatoms. The van der Waals surface area contributed by atoms with E-state index in [-0.39, 0.29) is 30.2 Å². The maximum absolute atomic E-state index is 13.6. The van der Waals surface area contributed by atoms with Crippen LogP contribution in [0.1, 0.15) is 18.4 Å². The van der Waals surface area contributed by atoms with E-state index in [0.717, 1.165) is 12.8 Å². The van der Waals surface area contributed by atoms with Gasteiger partial charge in [-0.1, -0.05) is 18.2 Å². The predicted octanol–water partition coefficient (Wildman–Crippen LogP) is 1.20. The van der Waals surface area contributed by atoms with Gasteiger partial charge in [-0.15, -0.1) is 0 Å². The van der Waals surface area contributed by atoms with Gasteiger partial charge < -0.3 is 9.80 Å². The lowest BCUT2D eigenvalue weighted by molar-refractivity contribution is -0.153. The van der Waals surface area contributed by atoms with Gasteiger partial charge >= 0.3 is 0 Å². The lowest BCUT2D eigenvalue weighted by atomic mass is 10.1. The van der Waals surface area contributed by atoms with Gasteiger partial charge in [-0.05, 0) is 30.9 Å². The number of nitrogens with zero attached hydrogens (tertiary/aromatic N) is 2. The Kier molecular flexibility index (Phi) is 3.42. The van der Waals surface area contributed by atoms with Crippen LogP contribution in [0.4, 0.5) is 4.39 Å². The van der Waals surface area contributed by atoms with E-state index in [1.54, 1.807) is 28.0 Å². The summed E-state index contributed by atoms with van der Waals surface area (Å²) >= 11 is 0. The molecule has 2 aliphatic heterocycles. The molecule has 0 saturated carbocycles. The highest BCUT2D eigenvalue weighted by atomic mass is 19.1. The van der Waals surface area contributed by atoms with Crippen LogP contribution >= 0.6 is 0 Å². The van der Waals surface area contributed by atoms with Crippen molar-refractivity contribution in [2.24, 2.45) is 0 Å². The number of amides is 2. The minimum Gasteiger partial charge on any atom is -0.331 e. The number of hydrogen-bond acceptors (Lipinski definition) is 2. The molecule has 2 saturated heterocycles. The van der Waals surface area contributed by atoms with Crippen LogP contribution in [-0.4, -0.2) is 47.3 Å². The minimum absolute atomic E-state index is 0.0124. The molecule has 1 unspecified atom stereocenters. The Morgan fingerprint density at radius 3 is 2.85 bits per heavy atom. The summed E-state index contributed by atoms with van der Waals surface area (Å²) in [6.45, 7) is 1.22. The van der Waals surface area contributed by atoms with Crippen LogP contribution in [0.5, 0.6) is 0 Å². The van der Waals surface area contributed by atoms with Crippen molar-refractivity contribution in [3.8, 4) is 0 Å². The third kappa shape index (κ3) is 2.28. The van der Waals surface area contributed by atoms with Gasteiger partial charge in [0.25, 0.3) is 0 Å². The highest BCUT2D eigenvalue weighted by molar-refractivity contribution is 5.95. The molecule has 3 rings (SSSR count). The van der Waals surface area contributed by atoms with E-state index in [0.29, 0.717) is 25.1 Å². The van der Waals surface area contributed by atoms with Crippen LogP contribution in [0.25, 0.3) is 0 Å². The number of benzene rings is 1. The molecule has 1 atom stereocenters. The highest BCUT2D eigenvalue weighted by Crippen LogP contribution is 2.23. The van der Waals surface area contributed by atoms with Crippen molar-refractivity contribution in [2.45, 2.75) is 25.3 Å². The second-order valence-electron chi connectivity index (χ2n) is 5.35. The van der Waals surface area contributed by atoms with Gasteiger partial charge in [-0.2, -0.15) is 0 Å². The number of halogens is 1. The summed E-state index contributed by atoms with van der Waals surface area (Å²) in [5.74, 6) is -0.232. The van der Waals surface area contributed by atoms with E-state index in [9.17, 15) is 14.0 Å². The monoisotopic (exact) mass is 276 g/mol. The molecular weight excluding hydrogens is 259 g/mol. The molecule has 2 amide bonds. The molecule has 0 aromatic heterocycles. The largest absolute Gasteiger partial charge is 0.331 e. The topological polar surface area (TPSA) is 40.6 Å². The van der Waals surface area contributed by atoms with E-state index in [2.05, 4.69) is 0 Å². The fraction of sp³-hybridized carbons (Fsp3) is 0.467. The Morgan fingerprint density at radius 2 is 2.05 bits per heavy atom. The lowest BCUT2D eigenvalue weighted by Gasteiger charge is -2.36. The third-order valence-corrected chi connectivity index (χ3v) is 4.10. The molecule has 2 heterocycles. The summed E-state index contributed by atoms with van der Waals surface area (Å²) in [4.78, 5) is 27.5. The quantitative estimate of drug-likeness (QED) is 0.832. The molecule has 0 bridgehead atoms. The van der Waals surface area contributed by atoms with Gasteiger partial charge in [0.1, 0.15) is 11.9 Å². The van der Waals surface area contributed by atoms with Crippen LogP contribution in [0.15, 0.2) is 24.3 Å². The van der Waals surface area contributed by atoms with Crippen molar-refractivity contribution in [2.75, 3.05) is 19.6 Å². The molecular formula is C15H17FN2O2. The molecule has 4 nitrogen and oxygen atoms in total. The van der Waals surface area contributed by atoms with E-state index in [4.69, 9.17) is 0 Å². The first-order valence-corrected chi connectivity index (χ1v) is 6.98. The van der Waals surface area contributed by atoms with Crippen molar-refractivity contribution in [3.63, 3.8) is 0 Å². The van der Waals surface area contributed by atoms with Crippen molar-refractivity contribution in [1.29, 1.82) is 0 Å². The maximum atomic E-state index is 13.6. The summed E-state index contributed by atoms with van der Waals surface area (Å²) < 4.78 is 13.6. The Morgan fingerprint density at radius 1 is 1.25 bits per heavy atom. The standard InChI is InChI=1S/C15H17FN2O2/c16-12-5-2-1-4-11(12)7-9-17-10-14(19)18-8-3-6-13(18)15(17)20/h1-2,4-5,13H,3,6-10H2. The number of piperazine rings is 1. The first kappa shape index (κ1) is 13.1. The van der Waals surface area contributed by atoms with Crippen molar-refractivity contribution >= 4 is 11.8 Å². The zero-order chi connectivity index (χ0) is 14.1. The Labute approximate surface area is 117 Å². The predicted molar refractivity (Wildman–Crippen MR) is 71.4 cm³/mol. The summed E-state index contributed by atoms with van der Waals surface area (Å²) in [6.07, 6.45) is 2.09. The summed E-state index contributed by atoms with van der Waals surface area (Å²) in [5.41, 5.74) is 0.585. The van der Waals surface area contributed by atoms with E-state index in [1.807, 2.05) is 0 Å². The molecule has 20 heavy (non-hydrogen) atoms. The lowest BCUT2D eigenvalue weighted by Crippen LogP contribution is -2.57. The van der Waals surface area contributed by atoms with Crippen LogP contribution in [-0.2, 0) is 16.0 Å². The van der Waals surface area contributed by atoms with E-state index in [1.165, 1.54) is 6.07 Å². The molecule has 2 aliphatic rings. The molecule has 106 valence electrons. The van der Waals surface area contributed by atoms with Crippen LogP contribution in [0, 0.1) is 5.82 Å². The van der Waals surface area contributed by atoms with Gasteiger partial charge in [0.2, 0.25) is 11.8 Å². The second-order valence-corrected chi connectivity index (χ2v) is 5.35. The third-order valence-electron chi connectivity index (χ3n) is 4.10. The number of carbonyl (C=O) groups excluding carboxylic acids is 2. The zero-order valence-electron chi connectivity index (χ0n) is 11.2. The smallest absolute Gasteiger partial charge is 0.245 e. The van der Waals surface area contributed by atoms with Crippen LogP contribution in [0.2, 0.25) is 0 Å². The van der Waals surface area contributed by atoms with Gasteiger partial charge in [0.15, 0.2) is 0 Å². The number of rotatable bonds is 3. The van der Waals surface area contributed by atoms with Gasteiger partial charge in [-0.3, -0.25) is 9.59 Å². The molecule has 1 aromatic rings. The van der Waals surface area contributed by atoms with Gasteiger partial charge in [0, 0.05) is 13.1 Å². The highest BCUT2D eigenvalue weighted by Gasteiger charge is 2.41. The molecule has 0 N–H and O–H groups in total. The fourth-order valence-electron chi connectivity index (χ4n) is 3.01. The van der Waals surface area contributed by atoms with E-state index >= 15 is 0 Å². The minimum atomic E-state index is -0.281. The molecule has 0 spiro atoms.